The molecule has 6 heteroatoms. The van der Waals surface area contributed by atoms with Gasteiger partial charge in [-0.2, -0.15) is 5.10 Å². The van der Waals surface area contributed by atoms with Crippen molar-refractivity contribution in [1.82, 2.24) is 14.8 Å². The van der Waals surface area contributed by atoms with Gasteiger partial charge in [-0.05, 0) is 30.5 Å². The van der Waals surface area contributed by atoms with Crippen LogP contribution in [-0.2, 0) is 6.54 Å². The third-order valence-electron chi connectivity index (χ3n) is 5.04. The fraction of sp³-hybridized carbons (Fsp3) is 0.500. The largest absolute Gasteiger partial charge is 0.387 e. The second kappa shape index (κ2) is 6.06. The van der Waals surface area contributed by atoms with Gasteiger partial charge in [-0.25, -0.2) is 4.98 Å². The first kappa shape index (κ1) is 16.1. The van der Waals surface area contributed by atoms with Crippen LogP contribution in [0.2, 0.25) is 0 Å². The van der Waals surface area contributed by atoms with E-state index in [0.29, 0.717) is 6.54 Å². The summed E-state index contributed by atoms with van der Waals surface area (Å²) in [4.78, 5) is 4.00. The van der Waals surface area contributed by atoms with Gasteiger partial charge in [0.1, 0.15) is 12.7 Å². The average Bonchev–Trinajstić information content (AvgIpc) is 3.09. The lowest BCUT2D eigenvalue weighted by molar-refractivity contribution is -0.0684. The van der Waals surface area contributed by atoms with Gasteiger partial charge in [0.2, 0.25) is 0 Å². The summed E-state index contributed by atoms with van der Waals surface area (Å²) in [6.07, 6.45) is 5.13. The van der Waals surface area contributed by atoms with Gasteiger partial charge in [-0.1, -0.05) is 50.9 Å². The molecule has 1 N–H and O–H groups in total. The van der Waals surface area contributed by atoms with Crippen LogP contribution in [0.4, 0.5) is 0 Å². The Bertz CT molecular complexity index is 631. The number of alkyl halides is 1. The van der Waals surface area contributed by atoms with Crippen molar-refractivity contribution >= 4 is 31.9 Å². The van der Waals surface area contributed by atoms with E-state index in [1.165, 1.54) is 11.9 Å². The van der Waals surface area contributed by atoms with Crippen LogP contribution in [0.25, 0.3) is 0 Å². The highest BCUT2D eigenvalue weighted by atomic mass is 79.9. The van der Waals surface area contributed by atoms with Gasteiger partial charge in [-0.15, -0.1) is 0 Å². The number of benzene rings is 1. The number of rotatable bonds is 4. The predicted octanol–water partition coefficient (Wildman–Crippen LogP) is 3.75. The molecule has 0 aliphatic heterocycles. The molecule has 0 bridgehead atoms. The summed E-state index contributed by atoms with van der Waals surface area (Å²) in [5, 5.41) is 16.6. The molecule has 1 aromatic carbocycles. The van der Waals surface area contributed by atoms with E-state index in [1.54, 1.807) is 11.0 Å². The van der Waals surface area contributed by atoms with E-state index in [4.69, 9.17) is 0 Å². The molecule has 3 rings (SSSR count). The Morgan fingerprint density at radius 3 is 2.68 bits per heavy atom. The van der Waals surface area contributed by atoms with Gasteiger partial charge < -0.3 is 5.11 Å². The summed E-state index contributed by atoms with van der Waals surface area (Å²) in [6.45, 7) is 2.60. The molecule has 1 aliphatic rings. The number of hydrogen-bond acceptors (Lipinski definition) is 3. The Morgan fingerprint density at radius 1 is 1.36 bits per heavy atom. The summed E-state index contributed by atoms with van der Waals surface area (Å²) in [5.74, 6) is 0.0901. The Labute approximate surface area is 147 Å². The number of hydrogen-bond donors (Lipinski definition) is 1. The SMILES string of the molecule is C[C@]1(CBr)CC[C@@H](c2ccc(Br)cc2)[C@]1(O)Cn1cncn1. The standard InChI is InChI=1S/C16H19Br2N3O/c1-15(8-17)7-6-14(12-2-4-13(18)5-3-12)16(15,22)9-21-11-19-10-20-21/h2-5,10-11,14,22H,6-9H2,1H3/t14-,15+,16+/m0/s1. The zero-order chi connectivity index (χ0) is 15.8. The molecular weight excluding hydrogens is 410 g/mol. The van der Waals surface area contributed by atoms with Crippen LogP contribution in [0.1, 0.15) is 31.2 Å². The molecule has 4 nitrogen and oxygen atoms in total. The van der Waals surface area contributed by atoms with Gasteiger partial charge in [0.05, 0.1) is 12.1 Å². The van der Waals surface area contributed by atoms with Gasteiger partial charge in [-0.3, -0.25) is 4.68 Å². The minimum Gasteiger partial charge on any atom is -0.387 e. The van der Waals surface area contributed by atoms with Crippen LogP contribution in [0.5, 0.6) is 0 Å². The predicted molar refractivity (Wildman–Crippen MR) is 93.0 cm³/mol. The van der Waals surface area contributed by atoms with E-state index in [1.807, 2.05) is 12.1 Å². The minimum absolute atomic E-state index is 0.0901. The minimum atomic E-state index is -0.863. The van der Waals surface area contributed by atoms with Crippen LogP contribution in [0, 0.1) is 5.41 Å². The molecule has 0 saturated heterocycles. The van der Waals surface area contributed by atoms with Gasteiger partial charge >= 0.3 is 0 Å². The van der Waals surface area contributed by atoms with Crippen LogP contribution in [-0.4, -0.2) is 30.8 Å². The van der Waals surface area contributed by atoms with Crippen molar-refractivity contribution < 1.29 is 5.11 Å². The van der Waals surface area contributed by atoms with E-state index in [0.717, 1.165) is 22.6 Å². The Hall–Kier alpha value is -0.720. The van der Waals surface area contributed by atoms with E-state index < -0.39 is 5.60 Å². The third kappa shape index (κ3) is 2.65. The molecular formula is C16H19Br2N3O. The van der Waals surface area contributed by atoms with E-state index in [9.17, 15) is 5.11 Å². The van der Waals surface area contributed by atoms with Crippen molar-refractivity contribution in [2.24, 2.45) is 5.41 Å². The molecule has 2 aromatic rings. The first-order valence-electron chi connectivity index (χ1n) is 7.35. The first-order chi connectivity index (χ1) is 10.5. The molecule has 1 saturated carbocycles. The fourth-order valence-electron chi connectivity index (χ4n) is 3.52. The van der Waals surface area contributed by atoms with E-state index in [2.05, 4.69) is 61.0 Å². The average molecular weight is 429 g/mol. The number of aliphatic hydroxyl groups is 1. The smallest absolute Gasteiger partial charge is 0.137 e. The van der Waals surface area contributed by atoms with Crippen LogP contribution in [0.15, 0.2) is 41.4 Å². The second-order valence-electron chi connectivity index (χ2n) is 6.35. The molecule has 1 heterocycles. The molecule has 0 radical (unpaired) electrons. The lowest BCUT2D eigenvalue weighted by Crippen LogP contribution is -2.50. The van der Waals surface area contributed by atoms with Crippen molar-refractivity contribution in [3.8, 4) is 0 Å². The van der Waals surface area contributed by atoms with Crippen LogP contribution < -0.4 is 0 Å². The molecule has 1 aliphatic carbocycles. The third-order valence-corrected chi connectivity index (χ3v) is 6.81. The maximum Gasteiger partial charge on any atom is 0.137 e. The van der Waals surface area contributed by atoms with Crippen molar-refractivity contribution in [1.29, 1.82) is 0 Å². The Morgan fingerprint density at radius 2 is 2.09 bits per heavy atom. The van der Waals surface area contributed by atoms with Gasteiger partial charge in [0, 0.05) is 21.1 Å². The molecule has 22 heavy (non-hydrogen) atoms. The lowest BCUT2D eigenvalue weighted by atomic mass is 9.72. The van der Waals surface area contributed by atoms with Crippen LogP contribution >= 0.6 is 31.9 Å². The molecule has 3 atom stereocenters. The lowest BCUT2D eigenvalue weighted by Gasteiger charge is -2.42. The second-order valence-corrected chi connectivity index (χ2v) is 7.83. The molecule has 1 aromatic heterocycles. The van der Waals surface area contributed by atoms with E-state index >= 15 is 0 Å². The Balaban J connectivity index is 1.99. The molecule has 118 valence electrons. The molecule has 0 amide bonds. The first-order valence-corrected chi connectivity index (χ1v) is 9.26. The summed E-state index contributed by atoms with van der Waals surface area (Å²) < 4.78 is 2.79. The highest BCUT2D eigenvalue weighted by Crippen LogP contribution is 2.55. The summed E-state index contributed by atoms with van der Waals surface area (Å²) in [5.41, 5.74) is 0.116. The highest BCUT2D eigenvalue weighted by Gasteiger charge is 2.56. The van der Waals surface area contributed by atoms with Gasteiger partial charge in [0.25, 0.3) is 0 Å². The maximum atomic E-state index is 11.6. The quantitative estimate of drug-likeness (QED) is 0.754. The number of nitrogens with zero attached hydrogens (tertiary/aromatic N) is 3. The number of halogens is 2. The zero-order valence-electron chi connectivity index (χ0n) is 12.4. The molecule has 0 unspecified atom stereocenters. The summed E-state index contributed by atoms with van der Waals surface area (Å²) in [7, 11) is 0. The Kier molecular flexibility index (Phi) is 4.45. The summed E-state index contributed by atoms with van der Waals surface area (Å²) in [6, 6.07) is 8.27. The van der Waals surface area contributed by atoms with Gasteiger partial charge in [0.15, 0.2) is 0 Å². The van der Waals surface area contributed by atoms with Crippen molar-refractivity contribution in [2.75, 3.05) is 5.33 Å². The van der Waals surface area contributed by atoms with Crippen LogP contribution in [0.3, 0.4) is 0 Å². The van der Waals surface area contributed by atoms with Crippen molar-refractivity contribution in [3.05, 3.63) is 47.0 Å². The highest BCUT2D eigenvalue weighted by molar-refractivity contribution is 9.10. The monoisotopic (exact) mass is 427 g/mol. The summed E-state index contributed by atoms with van der Waals surface area (Å²) >= 11 is 7.09. The zero-order valence-corrected chi connectivity index (χ0v) is 15.6. The molecule has 1 fully saturated rings. The number of aromatic nitrogens is 3. The van der Waals surface area contributed by atoms with E-state index in [-0.39, 0.29) is 11.3 Å². The topological polar surface area (TPSA) is 50.9 Å². The van der Waals surface area contributed by atoms with Crippen molar-refractivity contribution in [2.45, 2.75) is 37.8 Å². The maximum absolute atomic E-state index is 11.6. The van der Waals surface area contributed by atoms with Crippen molar-refractivity contribution in [3.63, 3.8) is 0 Å². The fourth-order valence-corrected chi connectivity index (χ4v) is 4.55. The normalized spacial score (nSPS) is 31.5. The molecule has 0 spiro atoms.